The largest absolute Gasteiger partial charge is 0.412 e. The Morgan fingerprint density at radius 3 is 1.92 bits per heavy atom. The van der Waals surface area contributed by atoms with E-state index < -0.39 is 30.7 Å². The van der Waals surface area contributed by atoms with Gasteiger partial charge in [0, 0.05) is 0 Å². The molecule has 0 bridgehead atoms. The summed E-state index contributed by atoms with van der Waals surface area (Å²) in [6, 6.07) is 0. The number of hydrogen-bond donors (Lipinski definition) is 4. The van der Waals surface area contributed by atoms with Crippen molar-refractivity contribution in [1.82, 2.24) is 0 Å². The Bertz CT molecular complexity index is 126. The second-order valence-corrected chi connectivity index (χ2v) is 2.70. The summed E-state index contributed by atoms with van der Waals surface area (Å²) in [7, 11) is 0. The van der Waals surface area contributed by atoms with Crippen molar-refractivity contribution in [2.45, 2.75) is 37.6 Å². The van der Waals surface area contributed by atoms with Crippen LogP contribution in [0.1, 0.15) is 6.92 Å². The lowest BCUT2D eigenvalue weighted by molar-refractivity contribution is -0.277. The average molecular weight is 182 g/mol. The third-order valence-electron chi connectivity index (χ3n) is 1.83. The van der Waals surface area contributed by atoms with Gasteiger partial charge in [0.1, 0.15) is 18.3 Å². The predicted molar refractivity (Wildman–Crippen MR) is 38.2 cm³/mol. The van der Waals surface area contributed by atoms with Gasteiger partial charge in [0.2, 0.25) is 0 Å². The van der Waals surface area contributed by atoms with Crippen LogP contribution in [0.5, 0.6) is 0 Å². The molecule has 1 fully saturated rings. The molecule has 0 aromatic carbocycles. The molecule has 0 spiro atoms. The van der Waals surface area contributed by atoms with Gasteiger partial charge in [-0.25, -0.2) is 0 Å². The molecular weight excluding hydrogens is 168 g/mol. The van der Waals surface area contributed by atoms with Crippen LogP contribution in [0.25, 0.3) is 0 Å². The second kappa shape index (κ2) is 4.13. The molecule has 1 heterocycles. The highest BCUT2D eigenvalue weighted by Gasteiger charge is 2.40. The molecule has 1 aliphatic heterocycles. The van der Waals surface area contributed by atoms with Gasteiger partial charge in [-0.3, -0.25) is 0 Å². The molecule has 74 valence electrons. The van der Waals surface area contributed by atoms with Crippen LogP contribution >= 0.6 is 0 Å². The maximum Gasteiger partial charge on any atom is 0.183 e. The van der Waals surface area contributed by atoms with Crippen molar-refractivity contribution >= 4 is 0 Å². The topological polar surface area (TPSA) is 122 Å². The molecule has 5 atom stereocenters. The van der Waals surface area contributed by atoms with Crippen LogP contribution in [-0.2, 0) is 4.74 Å². The zero-order chi connectivity index (χ0) is 8.59. The zero-order valence-corrected chi connectivity index (χ0v) is 6.58. The molecule has 0 aromatic heterocycles. The first-order valence-electron chi connectivity index (χ1n) is 3.41. The van der Waals surface area contributed by atoms with E-state index in [1.54, 1.807) is 0 Å². The fraction of sp³-hybridized carbons (Fsp3) is 1.00. The van der Waals surface area contributed by atoms with Crippen molar-refractivity contribution in [2.24, 2.45) is 0 Å². The molecule has 0 aromatic rings. The molecular formula is C6H14O6. The van der Waals surface area contributed by atoms with Gasteiger partial charge < -0.3 is 30.6 Å². The predicted octanol–water partition coefficient (Wildman–Crippen LogP) is -3.02. The van der Waals surface area contributed by atoms with E-state index in [1.165, 1.54) is 6.92 Å². The summed E-state index contributed by atoms with van der Waals surface area (Å²) in [6.45, 7) is 1.50. The highest BCUT2D eigenvalue weighted by Crippen LogP contribution is 2.18. The Kier molecular flexibility index (Phi) is 4.04. The van der Waals surface area contributed by atoms with Gasteiger partial charge in [0.15, 0.2) is 6.29 Å². The van der Waals surface area contributed by atoms with E-state index in [4.69, 9.17) is 20.4 Å². The summed E-state index contributed by atoms with van der Waals surface area (Å²) in [5.41, 5.74) is 0. The van der Waals surface area contributed by atoms with Crippen molar-refractivity contribution in [1.29, 1.82) is 0 Å². The van der Waals surface area contributed by atoms with Crippen molar-refractivity contribution < 1.29 is 30.6 Å². The SMILES string of the molecule is C[C@H]1O[C@@H](O)[C@H](O)[C@@H](O)[C@H]1O.O. The first-order valence-corrected chi connectivity index (χ1v) is 3.41. The van der Waals surface area contributed by atoms with Crippen LogP contribution in [0.3, 0.4) is 0 Å². The van der Waals surface area contributed by atoms with Crippen molar-refractivity contribution in [2.75, 3.05) is 0 Å². The van der Waals surface area contributed by atoms with E-state index in [-0.39, 0.29) is 5.48 Å². The van der Waals surface area contributed by atoms with Crippen LogP contribution in [0.4, 0.5) is 0 Å². The molecule has 1 saturated heterocycles. The maximum absolute atomic E-state index is 9.09. The summed E-state index contributed by atoms with van der Waals surface area (Å²) in [6.07, 6.45) is -5.99. The van der Waals surface area contributed by atoms with E-state index in [9.17, 15) is 0 Å². The lowest BCUT2D eigenvalue weighted by atomic mass is 10.0. The molecule has 6 heteroatoms. The molecule has 1 aliphatic rings. The molecule has 0 saturated carbocycles. The molecule has 0 radical (unpaired) electrons. The zero-order valence-electron chi connectivity index (χ0n) is 6.58. The van der Waals surface area contributed by atoms with E-state index in [2.05, 4.69) is 4.74 Å². The third-order valence-corrected chi connectivity index (χ3v) is 1.83. The fourth-order valence-electron chi connectivity index (χ4n) is 1.03. The summed E-state index contributed by atoms with van der Waals surface area (Å²) in [4.78, 5) is 0. The minimum absolute atomic E-state index is 0. The smallest absolute Gasteiger partial charge is 0.183 e. The quantitative estimate of drug-likeness (QED) is 0.317. The van der Waals surface area contributed by atoms with E-state index in [0.29, 0.717) is 0 Å². The number of hydrogen-bond acceptors (Lipinski definition) is 5. The van der Waals surface area contributed by atoms with Crippen molar-refractivity contribution in [3.8, 4) is 0 Å². The van der Waals surface area contributed by atoms with Crippen LogP contribution in [0.2, 0.25) is 0 Å². The molecule has 1 rings (SSSR count). The molecule has 0 amide bonds. The summed E-state index contributed by atoms with van der Waals surface area (Å²) < 4.78 is 4.68. The van der Waals surface area contributed by atoms with Crippen molar-refractivity contribution in [3.63, 3.8) is 0 Å². The normalized spacial score (nSPS) is 48.2. The van der Waals surface area contributed by atoms with Gasteiger partial charge in [0.05, 0.1) is 6.10 Å². The Morgan fingerprint density at radius 2 is 1.42 bits per heavy atom. The van der Waals surface area contributed by atoms with Crippen molar-refractivity contribution in [3.05, 3.63) is 0 Å². The van der Waals surface area contributed by atoms with Gasteiger partial charge in [-0.05, 0) is 6.92 Å². The summed E-state index contributed by atoms with van der Waals surface area (Å²) in [5.74, 6) is 0. The van der Waals surface area contributed by atoms with Crippen LogP contribution in [-0.4, -0.2) is 56.6 Å². The van der Waals surface area contributed by atoms with Gasteiger partial charge >= 0.3 is 0 Å². The highest BCUT2D eigenvalue weighted by molar-refractivity contribution is 4.86. The monoisotopic (exact) mass is 182 g/mol. The lowest BCUT2D eigenvalue weighted by Crippen LogP contribution is -2.56. The Labute approximate surface area is 69.3 Å². The molecule has 12 heavy (non-hydrogen) atoms. The van der Waals surface area contributed by atoms with Crippen LogP contribution < -0.4 is 0 Å². The third kappa shape index (κ3) is 1.92. The maximum atomic E-state index is 9.09. The van der Waals surface area contributed by atoms with Gasteiger partial charge in [-0.2, -0.15) is 0 Å². The first kappa shape index (κ1) is 11.8. The Morgan fingerprint density at radius 1 is 0.917 bits per heavy atom. The molecule has 0 aliphatic carbocycles. The minimum atomic E-state index is -1.43. The lowest BCUT2D eigenvalue weighted by Gasteiger charge is -2.36. The molecule has 6 N–H and O–H groups in total. The minimum Gasteiger partial charge on any atom is -0.412 e. The highest BCUT2D eigenvalue weighted by atomic mass is 16.6. The Hall–Kier alpha value is -0.240. The number of aliphatic hydroxyl groups excluding tert-OH is 4. The molecule has 0 unspecified atom stereocenters. The average Bonchev–Trinajstić information content (AvgIpc) is 1.97. The first-order chi connectivity index (χ1) is 5.04. The van der Waals surface area contributed by atoms with Crippen LogP contribution in [0, 0.1) is 0 Å². The second-order valence-electron chi connectivity index (χ2n) is 2.70. The van der Waals surface area contributed by atoms with Crippen LogP contribution in [0.15, 0.2) is 0 Å². The summed E-state index contributed by atoms with van der Waals surface area (Å²) >= 11 is 0. The van der Waals surface area contributed by atoms with Gasteiger partial charge in [-0.1, -0.05) is 0 Å². The standard InChI is InChI=1S/C6H12O5.H2O/c1-2-3(7)4(8)5(9)6(10)11-2;/h2-10H,1H3;1H2/t2-,3+,4+,5-,6-;/m1./s1. The number of ether oxygens (including phenoxy) is 1. The van der Waals surface area contributed by atoms with E-state index in [0.717, 1.165) is 0 Å². The molecule has 6 nitrogen and oxygen atoms in total. The Balaban J connectivity index is 0.00000121. The van der Waals surface area contributed by atoms with Gasteiger partial charge in [-0.15, -0.1) is 0 Å². The van der Waals surface area contributed by atoms with E-state index >= 15 is 0 Å². The fourth-order valence-corrected chi connectivity index (χ4v) is 1.03. The summed E-state index contributed by atoms with van der Waals surface area (Å²) in [5, 5.41) is 36.0. The van der Waals surface area contributed by atoms with E-state index in [1.807, 2.05) is 0 Å². The van der Waals surface area contributed by atoms with Gasteiger partial charge in [0.25, 0.3) is 0 Å². The number of rotatable bonds is 0. The number of aliphatic hydroxyl groups is 4.